The number of pyridine rings is 1. The second kappa shape index (κ2) is 7.58. The summed E-state index contributed by atoms with van der Waals surface area (Å²) >= 11 is 0. The highest BCUT2D eigenvalue weighted by atomic mass is 16.6. The zero-order chi connectivity index (χ0) is 17.8. The molecule has 130 valence electrons. The molecule has 23 heavy (non-hydrogen) atoms. The molecule has 1 rings (SSSR count). The van der Waals surface area contributed by atoms with E-state index < -0.39 is 30.5 Å². The molecule has 5 N–H and O–H groups in total. The summed E-state index contributed by atoms with van der Waals surface area (Å²) in [4.78, 5) is 15.4. The van der Waals surface area contributed by atoms with Gasteiger partial charge in [-0.25, -0.2) is 4.79 Å². The first-order chi connectivity index (χ1) is 10.6. The van der Waals surface area contributed by atoms with Crippen molar-refractivity contribution in [3.8, 4) is 5.75 Å². The van der Waals surface area contributed by atoms with Gasteiger partial charge >= 0.3 is 6.09 Å². The van der Waals surface area contributed by atoms with E-state index in [2.05, 4.69) is 10.3 Å². The lowest BCUT2D eigenvalue weighted by molar-refractivity contribution is 0.0108. The molecule has 0 saturated heterocycles. The maximum Gasteiger partial charge on any atom is 0.407 e. The second-order valence-corrected chi connectivity index (χ2v) is 6.18. The average molecular weight is 328 g/mol. The number of aliphatic hydroxyl groups excluding tert-OH is 3. The van der Waals surface area contributed by atoms with Crippen LogP contribution in [0, 0.1) is 6.92 Å². The van der Waals surface area contributed by atoms with Gasteiger partial charge in [-0.3, -0.25) is 4.98 Å². The van der Waals surface area contributed by atoms with Crippen LogP contribution in [0.1, 0.15) is 43.7 Å². The van der Waals surface area contributed by atoms with Crippen molar-refractivity contribution < 1.29 is 30.0 Å². The van der Waals surface area contributed by atoms with Crippen molar-refractivity contribution in [1.29, 1.82) is 0 Å². The van der Waals surface area contributed by atoms with Gasteiger partial charge in [0.1, 0.15) is 23.6 Å². The Kier molecular flexibility index (Phi) is 6.31. The zero-order valence-corrected chi connectivity index (χ0v) is 13.7. The topological polar surface area (TPSA) is 132 Å². The normalized spacial score (nSPS) is 14.2. The summed E-state index contributed by atoms with van der Waals surface area (Å²) in [6, 6.07) is 0. The van der Waals surface area contributed by atoms with E-state index in [1.807, 2.05) is 0 Å². The summed E-state index contributed by atoms with van der Waals surface area (Å²) in [5, 5.41) is 41.8. The summed E-state index contributed by atoms with van der Waals surface area (Å²) in [5.41, 5.74) is -0.253. The molecule has 0 aliphatic heterocycles. The Balaban J connectivity index is 2.80. The van der Waals surface area contributed by atoms with Crippen LogP contribution < -0.4 is 5.32 Å². The van der Waals surface area contributed by atoms with Crippen molar-refractivity contribution in [3.05, 3.63) is 23.0 Å². The Bertz CT molecular complexity index is 556. The fourth-order valence-corrected chi connectivity index (χ4v) is 1.91. The van der Waals surface area contributed by atoms with E-state index >= 15 is 0 Å². The fraction of sp³-hybridized carbons (Fsp3) is 0.600. The van der Waals surface area contributed by atoms with Crippen LogP contribution in [0.4, 0.5) is 4.79 Å². The molecule has 0 spiro atoms. The molecule has 0 bridgehead atoms. The Hall–Kier alpha value is -1.90. The van der Waals surface area contributed by atoms with Crippen LogP contribution in [0.2, 0.25) is 0 Å². The molecule has 0 saturated carbocycles. The molecule has 0 aliphatic carbocycles. The molecule has 0 radical (unpaired) electrons. The highest BCUT2D eigenvalue weighted by Gasteiger charge is 2.26. The van der Waals surface area contributed by atoms with E-state index in [4.69, 9.17) is 4.74 Å². The third-order valence-corrected chi connectivity index (χ3v) is 3.04. The first-order valence-electron chi connectivity index (χ1n) is 7.18. The maximum absolute atomic E-state index is 11.5. The van der Waals surface area contributed by atoms with Crippen LogP contribution in [-0.2, 0) is 11.3 Å². The number of nitrogens with one attached hydrogen (secondary N) is 1. The predicted octanol–water partition coefficient (Wildman–Crippen LogP) is 0.507. The molecule has 0 aliphatic rings. The minimum absolute atomic E-state index is 0.0153. The van der Waals surface area contributed by atoms with Gasteiger partial charge in [-0.15, -0.1) is 0 Å². The highest BCUT2D eigenvalue weighted by Crippen LogP contribution is 2.31. The summed E-state index contributed by atoms with van der Waals surface area (Å²) in [6.45, 7) is 5.87. The van der Waals surface area contributed by atoms with Gasteiger partial charge in [0.2, 0.25) is 0 Å². The lowest BCUT2D eigenvalue weighted by atomic mass is 9.98. The van der Waals surface area contributed by atoms with E-state index in [1.165, 1.54) is 13.1 Å². The van der Waals surface area contributed by atoms with E-state index in [-0.39, 0.29) is 29.1 Å². The molecule has 0 fully saturated rings. The van der Waals surface area contributed by atoms with E-state index in [9.17, 15) is 25.2 Å². The first kappa shape index (κ1) is 19.1. The predicted molar refractivity (Wildman–Crippen MR) is 81.8 cm³/mol. The molecule has 8 heteroatoms. The second-order valence-electron chi connectivity index (χ2n) is 6.18. The Morgan fingerprint density at radius 3 is 2.52 bits per heavy atom. The Morgan fingerprint density at radius 1 is 1.39 bits per heavy atom. The number of amides is 1. The number of aryl methyl sites for hydroxylation is 1. The monoisotopic (exact) mass is 328 g/mol. The summed E-state index contributed by atoms with van der Waals surface area (Å²) in [5.74, 6) is -0.305. The maximum atomic E-state index is 11.5. The van der Waals surface area contributed by atoms with Crippen molar-refractivity contribution in [2.24, 2.45) is 0 Å². The number of aromatic nitrogens is 1. The zero-order valence-electron chi connectivity index (χ0n) is 13.7. The first-order valence-corrected chi connectivity index (χ1v) is 7.18. The molecular formula is C15H24N2O6. The number of aromatic hydroxyl groups is 1. The van der Waals surface area contributed by atoms with Gasteiger partial charge < -0.3 is 30.5 Å². The molecule has 0 aromatic carbocycles. The molecule has 1 amide bonds. The van der Waals surface area contributed by atoms with E-state index in [1.54, 1.807) is 20.8 Å². The molecule has 1 aromatic heterocycles. The quantitative estimate of drug-likeness (QED) is 0.532. The molecule has 8 nitrogen and oxygen atoms in total. The largest absolute Gasteiger partial charge is 0.506 e. The third kappa shape index (κ3) is 5.34. The van der Waals surface area contributed by atoms with Gasteiger partial charge in [0.05, 0.1) is 12.3 Å². The van der Waals surface area contributed by atoms with Crippen LogP contribution in [0.3, 0.4) is 0 Å². The van der Waals surface area contributed by atoms with Crippen LogP contribution in [0.5, 0.6) is 5.75 Å². The van der Waals surface area contributed by atoms with Crippen LogP contribution in [0.25, 0.3) is 0 Å². The number of alkyl carbamates (subject to hydrolysis) is 1. The van der Waals surface area contributed by atoms with Crippen LogP contribution in [0.15, 0.2) is 6.20 Å². The van der Waals surface area contributed by atoms with Crippen molar-refractivity contribution in [2.75, 3.05) is 6.54 Å². The SMILES string of the molecule is Cc1ncc(CO)c(C(O)C(O)CNC(=O)OC(C)(C)C)c1O. The number of carbonyl (C=O) groups is 1. The Labute approximate surface area is 134 Å². The van der Waals surface area contributed by atoms with Crippen LogP contribution in [-0.4, -0.2) is 49.8 Å². The number of aliphatic hydroxyl groups is 3. The highest BCUT2D eigenvalue weighted by molar-refractivity contribution is 5.67. The molecule has 1 heterocycles. The number of hydrogen-bond acceptors (Lipinski definition) is 7. The smallest absolute Gasteiger partial charge is 0.407 e. The molecular weight excluding hydrogens is 304 g/mol. The van der Waals surface area contributed by atoms with E-state index in [0.29, 0.717) is 0 Å². The van der Waals surface area contributed by atoms with Gasteiger partial charge in [-0.1, -0.05) is 0 Å². The fourth-order valence-electron chi connectivity index (χ4n) is 1.91. The minimum Gasteiger partial charge on any atom is -0.506 e. The minimum atomic E-state index is -1.51. The van der Waals surface area contributed by atoms with Gasteiger partial charge in [0.15, 0.2) is 0 Å². The van der Waals surface area contributed by atoms with Crippen molar-refractivity contribution in [3.63, 3.8) is 0 Å². The number of nitrogens with zero attached hydrogens (tertiary/aromatic N) is 1. The number of carbonyl (C=O) groups excluding carboxylic acids is 1. The Morgan fingerprint density at radius 2 is 2.00 bits per heavy atom. The van der Waals surface area contributed by atoms with Gasteiger partial charge in [-0.05, 0) is 27.7 Å². The lowest BCUT2D eigenvalue weighted by Crippen LogP contribution is -2.39. The van der Waals surface area contributed by atoms with Crippen molar-refractivity contribution in [2.45, 2.75) is 52.1 Å². The standard InChI is InChI=1S/C15H24N2O6/c1-8-12(20)11(9(7-18)5-16-8)13(21)10(19)6-17-14(22)23-15(2,3)4/h5,10,13,18-21H,6-7H2,1-4H3,(H,17,22). The third-order valence-electron chi connectivity index (χ3n) is 3.04. The number of ether oxygens (including phenoxy) is 1. The van der Waals surface area contributed by atoms with Crippen molar-refractivity contribution in [1.82, 2.24) is 10.3 Å². The molecule has 1 aromatic rings. The summed E-state index contributed by atoms with van der Waals surface area (Å²) < 4.78 is 5.02. The summed E-state index contributed by atoms with van der Waals surface area (Å²) in [7, 11) is 0. The number of rotatable bonds is 5. The molecule has 2 atom stereocenters. The average Bonchev–Trinajstić information content (AvgIpc) is 2.45. The van der Waals surface area contributed by atoms with Crippen molar-refractivity contribution >= 4 is 6.09 Å². The lowest BCUT2D eigenvalue weighted by Gasteiger charge is -2.23. The molecule has 2 unspecified atom stereocenters. The van der Waals surface area contributed by atoms with Crippen LogP contribution >= 0.6 is 0 Å². The van der Waals surface area contributed by atoms with Gasteiger partial charge in [0, 0.05) is 23.9 Å². The van der Waals surface area contributed by atoms with E-state index in [0.717, 1.165) is 0 Å². The number of hydrogen-bond donors (Lipinski definition) is 5. The van der Waals surface area contributed by atoms with Gasteiger partial charge in [0.25, 0.3) is 0 Å². The summed E-state index contributed by atoms with van der Waals surface area (Å²) in [6.07, 6.45) is -2.34. The van der Waals surface area contributed by atoms with Gasteiger partial charge in [-0.2, -0.15) is 0 Å².